The molecule has 0 spiro atoms. The van der Waals surface area contributed by atoms with Crippen molar-refractivity contribution >= 4 is 63.6 Å². The minimum absolute atomic E-state index is 0.0497. The maximum absolute atomic E-state index is 14.2. The first-order valence-corrected chi connectivity index (χ1v) is 25.6. The van der Waals surface area contributed by atoms with Crippen LogP contribution in [0.3, 0.4) is 0 Å². The molecule has 70 heavy (non-hydrogen) atoms. The number of amides is 4. The summed E-state index contributed by atoms with van der Waals surface area (Å²) in [6.45, 7) is 17.0. The first-order valence-electron chi connectivity index (χ1n) is 23.5. The highest BCUT2D eigenvalue weighted by Crippen LogP contribution is 2.40. The van der Waals surface area contributed by atoms with E-state index >= 15 is 0 Å². The number of nitrogens with one attached hydrogen (secondary N) is 3. The summed E-state index contributed by atoms with van der Waals surface area (Å²) < 4.78 is 7.88. The fourth-order valence-corrected chi connectivity index (χ4v) is 11.0. The smallest absolute Gasteiger partial charge is 0.246 e. The van der Waals surface area contributed by atoms with Gasteiger partial charge in [-0.2, -0.15) is 0 Å². The highest BCUT2D eigenvalue weighted by Gasteiger charge is 2.44. The van der Waals surface area contributed by atoms with Crippen molar-refractivity contribution in [2.75, 3.05) is 19.7 Å². The number of nitrogens with zero attached hydrogens (tertiary/aromatic N) is 7. The van der Waals surface area contributed by atoms with Gasteiger partial charge in [0.05, 0.1) is 34.8 Å². The number of likely N-dealkylation sites (tertiary alicyclic amines) is 1. The molecule has 3 N–H and O–H groups in total. The Morgan fingerprint density at radius 1 is 0.900 bits per heavy atom. The van der Waals surface area contributed by atoms with Gasteiger partial charge >= 0.3 is 0 Å². The van der Waals surface area contributed by atoms with Crippen LogP contribution in [-0.2, 0) is 32.1 Å². The Hall–Kier alpha value is -6.30. The van der Waals surface area contributed by atoms with Gasteiger partial charge < -0.3 is 25.6 Å². The van der Waals surface area contributed by atoms with Gasteiger partial charge in [-0.3, -0.25) is 28.7 Å². The molecule has 6 heterocycles. The number of hydrogen-bond acceptors (Lipinski definition) is 12. The first kappa shape index (κ1) is 50.1. The summed E-state index contributed by atoms with van der Waals surface area (Å²) in [5.41, 5.74) is 8.84. The number of benzene rings is 2. The summed E-state index contributed by atoms with van der Waals surface area (Å²) in [4.78, 5) is 72.6. The molecule has 0 radical (unpaired) electrons. The molecule has 4 atom stereocenters. The predicted molar refractivity (Wildman–Crippen MR) is 274 cm³/mol. The van der Waals surface area contributed by atoms with Gasteiger partial charge in [-0.15, -0.1) is 32.9 Å². The third-order valence-electron chi connectivity index (χ3n) is 12.8. The Kier molecular flexibility index (Phi) is 15.3. The van der Waals surface area contributed by atoms with E-state index in [1.54, 1.807) is 39.8 Å². The highest BCUT2D eigenvalue weighted by atomic mass is 35.5. The van der Waals surface area contributed by atoms with Gasteiger partial charge in [0.25, 0.3) is 0 Å². The van der Waals surface area contributed by atoms with Gasteiger partial charge in [-0.25, -0.2) is 9.97 Å². The van der Waals surface area contributed by atoms with Crippen molar-refractivity contribution in [2.45, 2.75) is 106 Å². The fourth-order valence-electron chi connectivity index (χ4n) is 8.87. The van der Waals surface area contributed by atoms with Crippen LogP contribution in [0.5, 0.6) is 5.88 Å². The number of thiazole rings is 1. The normalized spacial score (nSPS) is 17.0. The van der Waals surface area contributed by atoms with Crippen molar-refractivity contribution in [1.82, 2.24) is 45.6 Å². The molecule has 4 aromatic heterocycles. The third-order valence-corrected chi connectivity index (χ3v) is 15.2. The maximum Gasteiger partial charge on any atom is 0.246 e. The molecule has 15 nitrogen and oxygen atoms in total. The molecule has 0 saturated carbocycles. The van der Waals surface area contributed by atoms with Crippen LogP contribution in [0.25, 0.3) is 15.4 Å². The number of fused-ring (bicyclic) bond motifs is 3. The number of carbonyl (C=O) groups is 4. The maximum atomic E-state index is 14.2. The lowest BCUT2D eigenvalue weighted by atomic mass is 9.85. The van der Waals surface area contributed by atoms with Gasteiger partial charge in [-0.05, 0) is 86.3 Å². The zero-order valence-corrected chi connectivity index (χ0v) is 43.1. The van der Waals surface area contributed by atoms with Crippen molar-refractivity contribution in [1.29, 1.82) is 0 Å². The van der Waals surface area contributed by atoms with Crippen LogP contribution in [0, 0.1) is 39.0 Å². The van der Waals surface area contributed by atoms with Crippen molar-refractivity contribution in [3.63, 3.8) is 0 Å². The Morgan fingerprint density at radius 3 is 2.31 bits per heavy atom. The summed E-state index contributed by atoms with van der Waals surface area (Å²) in [5.74, 6) is 0.847. The molecule has 6 aromatic rings. The molecule has 1 fully saturated rings. The van der Waals surface area contributed by atoms with Gasteiger partial charge in [0.1, 0.15) is 35.6 Å². The van der Waals surface area contributed by atoms with E-state index < -0.39 is 23.5 Å². The van der Waals surface area contributed by atoms with E-state index in [4.69, 9.17) is 21.3 Å². The molecule has 0 unspecified atom stereocenters. The zero-order chi connectivity index (χ0) is 49.9. The molecule has 1 saturated heterocycles. The molecule has 2 aromatic carbocycles. The SMILES string of the molecule is Cc1ncsc1-c1ccc(CNC(=O)[C@@H]2C[C@@H](C)CN2C(=O)[C@@H](NC(=O)CCc2ccc(OCCNC(=O)C[C@@H]3N=C(c4ccc(Cl)cc4)c4c(sc(C)c4C)-n4c(C)nnc43)nc2)C(C)(C)C)cc1. The number of aliphatic imine (C=N–C) groups is 1. The number of halogens is 1. The van der Waals surface area contributed by atoms with E-state index in [9.17, 15) is 19.2 Å². The molecule has 18 heteroatoms. The molecule has 0 aliphatic carbocycles. The molecule has 366 valence electrons. The lowest BCUT2D eigenvalue weighted by Crippen LogP contribution is -2.57. The van der Waals surface area contributed by atoms with Crippen LogP contribution in [0.2, 0.25) is 5.02 Å². The number of carbonyl (C=O) groups excluding carboxylic acids is 4. The second kappa shape index (κ2) is 21.4. The van der Waals surface area contributed by atoms with E-state index in [2.05, 4.69) is 50.0 Å². The van der Waals surface area contributed by atoms with E-state index in [0.717, 1.165) is 59.5 Å². The lowest BCUT2D eigenvalue weighted by Gasteiger charge is -2.35. The third kappa shape index (κ3) is 11.3. The summed E-state index contributed by atoms with van der Waals surface area (Å²) in [6, 6.07) is 17.1. The van der Waals surface area contributed by atoms with Crippen LogP contribution in [0.4, 0.5) is 0 Å². The van der Waals surface area contributed by atoms with E-state index in [-0.39, 0.29) is 55.5 Å². The minimum Gasteiger partial charge on any atom is -0.476 e. The quantitative estimate of drug-likeness (QED) is 0.0804. The number of rotatable bonds is 16. The topological polar surface area (TPSA) is 186 Å². The zero-order valence-electron chi connectivity index (χ0n) is 40.8. The lowest BCUT2D eigenvalue weighted by molar-refractivity contribution is -0.144. The predicted octanol–water partition coefficient (Wildman–Crippen LogP) is 8.23. The summed E-state index contributed by atoms with van der Waals surface area (Å²) in [5, 5.41) is 19.5. The number of aromatic nitrogens is 5. The van der Waals surface area contributed by atoms with Gasteiger partial charge in [0.15, 0.2) is 5.82 Å². The molecular formula is C52H59ClN10O5S2. The second-order valence-electron chi connectivity index (χ2n) is 19.2. The Morgan fingerprint density at radius 2 is 1.63 bits per heavy atom. The number of thiophene rings is 1. The Bertz CT molecular complexity index is 2900. The molecule has 8 rings (SSSR count). The molecule has 0 bridgehead atoms. The highest BCUT2D eigenvalue weighted by molar-refractivity contribution is 7.15. The molecule has 4 amide bonds. The van der Waals surface area contributed by atoms with Gasteiger partial charge in [-0.1, -0.05) is 81.8 Å². The summed E-state index contributed by atoms with van der Waals surface area (Å²) in [7, 11) is 0. The largest absolute Gasteiger partial charge is 0.476 e. The van der Waals surface area contributed by atoms with Crippen LogP contribution < -0.4 is 20.7 Å². The van der Waals surface area contributed by atoms with E-state index in [0.29, 0.717) is 48.5 Å². The van der Waals surface area contributed by atoms with Crippen molar-refractivity contribution in [2.24, 2.45) is 16.3 Å². The average Bonchev–Trinajstić information content (AvgIpc) is 4.10. The molecular weight excluding hydrogens is 944 g/mol. The fraction of sp³-hybridized carbons (Fsp3) is 0.404. The average molecular weight is 1000 g/mol. The first-order chi connectivity index (χ1) is 33.4. The van der Waals surface area contributed by atoms with Crippen molar-refractivity contribution in [3.05, 3.63) is 127 Å². The summed E-state index contributed by atoms with van der Waals surface area (Å²) >= 11 is 9.50. The second-order valence-corrected chi connectivity index (χ2v) is 21.7. The van der Waals surface area contributed by atoms with Crippen molar-refractivity contribution in [3.8, 4) is 21.3 Å². The number of ether oxygens (including phenoxy) is 1. The van der Waals surface area contributed by atoms with E-state index in [1.807, 2.05) is 106 Å². The minimum atomic E-state index is -0.836. The number of hydrogen-bond donors (Lipinski definition) is 3. The molecule has 2 aliphatic rings. The van der Waals surface area contributed by atoms with Gasteiger partial charge in [0.2, 0.25) is 29.5 Å². The van der Waals surface area contributed by atoms with Crippen LogP contribution in [-0.4, -0.2) is 90.8 Å². The van der Waals surface area contributed by atoms with E-state index in [1.165, 1.54) is 0 Å². The monoisotopic (exact) mass is 1000 g/mol. The Labute approximate surface area is 421 Å². The van der Waals surface area contributed by atoms with Crippen LogP contribution in [0.15, 0.2) is 77.4 Å². The molecule has 2 aliphatic heterocycles. The number of pyridine rings is 1. The van der Waals surface area contributed by atoms with Crippen molar-refractivity contribution < 1.29 is 23.9 Å². The Balaban J connectivity index is 0.809. The summed E-state index contributed by atoms with van der Waals surface area (Å²) in [6.07, 6.45) is 2.76. The van der Waals surface area contributed by atoms with Crippen LogP contribution >= 0.6 is 34.3 Å². The number of aryl methyl sites for hydroxylation is 4. The van der Waals surface area contributed by atoms with Gasteiger partial charge in [0, 0.05) is 52.8 Å². The van der Waals surface area contributed by atoms with Crippen LogP contribution in [0.1, 0.15) is 103 Å². The standard InChI is InChI=1S/C52H59ClN10O5S2/c1-29-23-40(49(66)56-26-34-9-13-37(14-10-34)46-31(3)57-28-69-46)62(27-29)50(67)47(52(6,7)8)59-41(64)19-11-35-12-20-43(55-25-35)68-22-21-54-42(65)24-39-48-61-60-33(5)63(48)51-44(30(2)32(4)70-51)45(58-39)36-15-17-38(53)18-16-36/h9-10,12-18,20,25,28-29,39-40,47H,11,19,21-24,26-27H2,1-8H3,(H,54,65)(H,56,66)(H,59,64)/t29-,39+,40+,47-/m1/s1.